The van der Waals surface area contributed by atoms with Crippen LogP contribution < -0.4 is 10.2 Å². The number of nitrogens with one attached hydrogen (secondary N) is 2. The van der Waals surface area contributed by atoms with Crippen molar-refractivity contribution >= 4 is 17.5 Å². The molecule has 144 valence electrons. The largest absolute Gasteiger partial charge is 0.393 e. The molecule has 9 heteroatoms. The summed E-state index contributed by atoms with van der Waals surface area (Å²) >= 11 is 0. The molecule has 0 unspecified atom stereocenters. The lowest BCUT2D eigenvalue weighted by Gasteiger charge is -2.35. The third-order valence-electron chi connectivity index (χ3n) is 6.12. The summed E-state index contributed by atoms with van der Waals surface area (Å²) in [5.74, 6) is 1.17. The quantitative estimate of drug-likeness (QED) is 0.760. The Kier molecular flexibility index (Phi) is 3.82. The lowest BCUT2D eigenvalue weighted by molar-refractivity contribution is 0.118. The van der Waals surface area contributed by atoms with E-state index in [2.05, 4.69) is 30.4 Å². The van der Waals surface area contributed by atoms with E-state index in [0.717, 1.165) is 56.5 Å². The first-order valence-electron chi connectivity index (χ1n) is 9.47. The van der Waals surface area contributed by atoms with Crippen LogP contribution in [0.25, 0.3) is 0 Å². The molecule has 2 fully saturated rings. The van der Waals surface area contributed by atoms with Gasteiger partial charge in [0.05, 0.1) is 11.8 Å². The predicted molar refractivity (Wildman–Crippen MR) is 95.4 cm³/mol. The Morgan fingerprint density at radius 2 is 2.19 bits per heavy atom. The maximum atomic E-state index is 13.0. The fraction of sp³-hybridized carbons (Fsp3) is 0.611. The molecule has 2 aromatic rings. The maximum Gasteiger partial charge on any atom is 0.284 e. The Labute approximate surface area is 155 Å². The topological polar surface area (TPSA) is 90.0 Å². The monoisotopic (exact) mass is 376 g/mol. The molecule has 0 aromatic carbocycles. The number of H-pyrrole nitrogens is 1. The highest BCUT2D eigenvalue weighted by Gasteiger charge is 2.54. The van der Waals surface area contributed by atoms with Crippen LogP contribution >= 0.6 is 0 Å². The van der Waals surface area contributed by atoms with Gasteiger partial charge in [0.15, 0.2) is 5.69 Å². The third kappa shape index (κ3) is 2.84. The van der Waals surface area contributed by atoms with Gasteiger partial charge in [0, 0.05) is 36.0 Å². The smallest absolute Gasteiger partial charge is 0.284 e. The third-order valence-corrected chi connectivity index (χ3v) is 6.12. The minimum absolute atomic E-state index is 0.139. The van der Waals surface area contributed by atoms with E-state index in [0.29, 0.717) is 0 Å². The van der Waals surface area contributed by atoms with Gasteiger partial charge in [0.2, 0.25) is 5.95 Å². The summed E-state index contributed by atoms with van der Waals surface area (Å²) in [7, 11) is 0. The summed E-state index contributed by atoms with van der Waals surface area (Å²) in [6, 6.07) is 0.265. The van der Waals surface area contributed by atoms with Crippen LogP contribution in [0, 0.1) is 0 Å². The van der Waals surface area contributed by atoms with Crippen molar-refractivity contribution in [2.45, 2.75) is 62.5 Å². The second kappa shape index (κ2) is 6.12. The molecule has 3 heterocycles. The van der Waals surface area contributed by atoms with Crippen molar-refractivity contribution in [3.8, 4) is 0 Å². The first-order valence-corrected chi connectivity index (χ1v) is 9.47. The van der Waals surface area contributed by atoms with Crippen molar-refractivity contribution in [2.75, 3.05) is 16.8 Å². The van der Waals surface area contributed by atoms with Crippen LogP contribution in [0.5, 0.6) is 0 Å². The highest BCUT2D eigenvalue weighted by molar-refractivity contribution is 5.64. The number of hydrogen-bond acceptors (Lipinski definition) is 6. The molecular weight excluding hydrogens is 354 g/mol. The highest BCUT2D eigenvalue weighted by atomic mass is 19.3. The van der Waals surface area contributed by atoms with E-state index in [1.54, 1.807) is 0 Å². The van der Waals surface area contributed by atoms with E-state index in [9.17, 15) is 13.9 Å². The van der Waals surface area contributed by atoms with Gasteiger partial charge >= 0.3 is 0 Å². The molecule has 27 heavy (non-hydrogen) atoms. The zero-order valence-electron chi connectivity index (χ0n) is 14.8. The number of alkyl halides is 2. The molecule has 0 radical (unpaired) electrons. The molecule has 1 spiro atoms. The van der Waals surface area contributed by atoms with Gasteiger partial charge in [0.25, 0.3) is 6.43 Å². The van der Waals surface area contributed by atoms with Crippen LogP contribution in [-0.4, -0.2) is 44.0 Å². The molecule has 1 aliphatic heterocycles. The van der Waals surface area contributed by atoms with Crippen LogP contribution in [0.2, 0.25) is 0 Å². The highest BCUT2D eigenvalue weighted by Crippen LogP contribution is 2.56. The zero-order chi connectivity index (χ0) is 18.6. The van der Waals surface area contributed by atoms with Crippen LogP contribution in [-0.2, 0) is 5.41 Å². The fourth-order valence-corrected chi connectivity index (χ4v) is 4.50. The molecule has 2 saturated carbocycles. The number of aromatic amines is 1. The van der Waals surface area contributed by atoms with Gasteiger partial charge in [0.1, 0.15) is 5.82 Å². The van der Waals surface area contributed by atoms with E-state index < -0.39 is 6.43 Å². The molecule has 0 amide bonds. The van der Waals surface area contributed by atoms with Gasteiger partial charge in [-0.25, -0.2) is 13.8 Å². The second-order valence-electron chi connectivity index (χ2n) is 7.92. The van der Waals surface area contributed by atoms with E-state index >= 15 is 0 Å². The number of aromatic nitrogens is 4. The minimum atomic E-state index is -2.68. The average molecular weight is 376 g/mol. The molecule has 0 saturated heterocycles. The lowest BCUT2D eigenvalue weighted by Crippen LogP contribution is -2.40. The Bertz CT molecular complexity index is 852. The lowest BCUT2D eigenvalue weighted by atomic mass is 9.92. The van der Waals surface area contributed by atoms with Gasteiger partial charge in [-0.3, -0.25) is 5.10 Å². The number of anilines is 3. The number of aliphatic hydroxyl groups is 1. The van der Waals surface area contributed by atoms with Crippen molar-refractivity contribution < 1.29 is 13.9 Å². The molecule has 3 N–H and O–H groups in total. The van der Waals surface area contributed by atoms with E-state index in [-0.39, 0.29) is 34.9 Å². The molecule has 5 rings (SSSR count). The standard InChI is InChI=1S/C18H22F2N6O/c19-15(20)14-13(8-22-25-14)23-17-21-7-12-16(24-17)26(9-18(12)4-5-18)10-2-1-3-11(27)6-10/h7-8,10-11,15,27H,1-6,9H2,(H,22,25)(H,21,23,24)/t10-,11-/m1/s1. The number of fused-ring (bicyclic) bond motifs is 2. The molecular formula is C18H22F2N6O. The zero-order valence-corrected chi connectivity index (χ0v) is 14.8. The summed E-state index contributed by atoms with van der Waals surface area (Å²) in [6.07, 6.45) is 6.18. The molecule has 2 aliphatic carbocycles. The van der Waals surface area contributed by atoms with Gasteiger partial charge in [-0.15, -0.1) is 0 Å². The number of rotatable bonds is 4. The number of hydrogen-bond donors (Lipinski definition) is 3. The Morgan fingerprint density at radius 3 is 2.93 bits per heavy atom. The molecule has 0 bridgehead atoms. The summed E-state index contributed by atoms with van der Waals surface area (Å²) in [5, 5.41) is 19.0. The van der Waals surface area contributed by atoms with E-state index in [4.69, 9.17) is 0 Å². The van der Waals surface area contributed by atoms with Gasteiger partial charge in [-0.2, -0.15) is 10.1 Å². The van der Waals surface area contributed by atoms with Crippen molar-refractivity contribution in [1.29, 1.82) is 0 Å². The summed E-state index contributed by atoms with van der Waals surface area (Å²) in [6.45, 7) is 0.909. The summed E-state index contributed by atoms with van der Waals surface area (Å²) in [5.41, 5.74) is 1.13. The number of aliphatic hydroxyl groups excluding tert-OH is 1. The average Bonchev–Trinajstić information content (AvgIpc) is 3.14. The Balaban J connectivity index is 1.46. The second-order valence-corrected chi connectivity index (χ2v) is 7.92. The SMILES string of the molecule is O[C@@H]1CCC[C@@H](N2CC3(CC3)c3cnc(Nc4c[nH]nc4C(F)F)nc32)C1. The predicted octanol–water partition coefficient (Wildman–Crippen LogP) is 3.04. The first-order chi connectivity index (χ1) is 13.1. The van der Waals surface area contributed by atoms with Crippen LogP contribution in [0.1, 0.15) is 56.2 Å². The molecule has 3 aliphatic rings. The van der Waals surface area contributed by atoms with Crippen molar-refractivity contribution in [2.24, 2.45) is 0 Å². The molecule has 2 aromatic heterocycles. The Morgan fingerprint density at radius 1 is 1.33 bits per heavy atom. The van der Waals surface area contributed by atoms with Gasteiger partial charge < -0.3 is 15.3 Å². The minimum Gasteiger partial charge on any atom is -0.393 e. The van der Waals surface area contributed by atoms with Gasteiger partial charge in [-0.1, -0.05) is 0 Å². The Hall–Kier alpha value is -2.29. The van der Waals surface area contributed by atoms with Gasteiger partial charge in [-0.05, 0) is 38.5 Å². The normalized spacial score (nSPS) is 25.9. The summed E-state index contributed by atoms with van der Waals surface area (Å²) < 4.78 is 26.1. The van der Waals surface area contributed by atoms with Crippen LogP contribution in [0.4, 0.5) is 26.2 Å². The number of halogens is 2. The van der Waals surface area contributed by atoms with Crippen molar-refractivity contribution in [3.63, 3.8) is 0 Å². The van der Waals surface area contributed by atoms with Crippen LogP contribution in [0.3, 0.4) is 0 Å². The van der Waals surface area contributed by atoms with Crippen molar-refractivity contribution in [1.82, 2.24) is 20.2 Å². The molecule has 2 atom stereocenters. The first kappa shape index (κ1) is 16.9. The van der Waals surface area contributed by atoms with Crippen LogP contribution in [0.15, 0.2) is 12.4 Å². The molecule has 7 nitrogen and oxygen atoms in total. The number of nitrogens with zero attached hydrogens (tertiary/aromatic N) is 4. The summed E-state index contributed by atoms with van der Waals surface area (Å²) in [4.78, 5) is 11.4. The maximum absolute atomic E-state index is 13.0. The van der Waals surface area contributed by atoms with E-state index in [1.165, 1.54) is 6.20 Å². The fourth-order valence-electron chi connectivity index (χ4n) is 4.50. The van der Waals surface area contributed by atoms with Crippen molar-refractivity contribution in [3.05, 3.63) is 23.7 Å². The van der Waals surface area contributed by atoms with E-state index in [1.807, 2.05) is 6.20 Å².